The van der Waals surface area contributed by atoms with E-state index < -0.39 is 5.97 Å². The maximum absolute atomic E-state index is 11.1. The molecule has 0 atom stereocenters. The van der Waals surface area contributed by atoms with Crippen LogP contribution >= 0.6 is 0 Å². The highest BCUT2D eigenvalue weighted by molar-refractivity contribution is 5.92. The van der Waals surface area contributed by atoms with E-state index in [4.69, 9.17) is 5.11 Å². The molecule has 0 amide bonds. The first-order chi connectivity index (χ1) is 10.2. The molecule has 106 valence electrons. The molecule has 3 aromatic rings. The van der Waals surface area contributed by atoms with E-state index in [-0.39, 0.29) is 5.56 Å². The summed E-state index contributed by atoms with van der Waals surface area (Å²) in [6.45, 7) is 2.12. The smallest absolute Gasteiger partial charge is 0.335 e. The first-order valence-electron chi connectivity index (χ1n) is 6.87. The first kappa shape index (κ1) is 13.3. The molecule has 3 rings (SSSR count). The summed E-state index contributed by atoms with van der Waals surface area (Å²) in [5, 5.41) is 17.4. The van der Waals surface area contributed by atoms with Crippen LogP contribution in [0.25, 0.3) is 16.7 Å². The number of aromatic nitrogens is 3. The van der Waals surface area contributed by atoms with Gasteiger partial charge in [0.05, 0.1) is 16.8 Å². The Labute approximate surface area is 121 Å². The lowest BCUT2D eigenvalue weighted by atomic mass is 10.1. The van der Waals surface area contributed by atoms with Gasteiger partial charge in [-0.25, -0.2) is 9.48 Å². The molecule has 0 fully saturated rings. The second kappa shape index (κ2) is 5.36. The van der Waals surface area contributed by atoms with Gasteiger partial charge in [0.25, 0.3) is 0 Å². The van der Waals surface area contributed by atoms with Crippen LogP contribution in [0.15, 0.2) is 42.5 Å². The third-order valence-electron chi connectivity index (χ3n) is 3.43. The van der Waals surface area contributed by atoms with E-state index >= 15 is 0 Å². The lowest BCUT2D eigenvalue weighted by molar-refractivity contribution is 0.0697. The van der Waals surface area contributed by atoms with Crippen LogP contribution in [0.5, 0.6) is 0 Å². The number of carboxylic acid groups (broad SMARTS) is 1. The normalized spacial score (nSPS) is 10.9. The molecule has 0 spiro atoms. The molecule has 5 heteroatoms. The van der Waals surface area contributed by atoms with Gasteiger partial charge in [-0.05, 0) is 36.2 Å². The van der Waals surface area contributed by atoms with Crippen LogP contribution in [0, 0.1) is 0 Å². The van der Waals surface area contributed by atoms with Crippen LogP contribution < -0.4 is 0 Å². The summed E-state index contributed by atoms with van der Waals surface area (Å²) in [4.78, 5) is 11.1. The number of hydrogen-bond donors (Lipinski definition) is 1. The number of hydrogen-bond acceptors (Lipinski definition) is 3. The minimum atomic E-state index is -0.952. The van der Waals surface area contributed by atoms with Crippen molar-refractivity contribution in [1.82, 2.24) is 15.0 Å². The van der Waals surface area contributed by atoms with Crippen LogP contribution in [0.2, 0.25) is 0 Å². The topological polar surface area (TPSA) is 68.0 Å². The zero-order valence-electron chi connectivity index (χ0n) is 11.7. The van der Waals surface area contributed by atoms with Gasteiger partial charge in [-0.15, -0.1) is 5.10 Å². The van der Waals surface area contributed by atoms with Gasteiger partial charge >= 0.3 is 5.97 Å². The van der Waals surface area contributed by atoms with Crippen LogP contribution in [0.1, 0.15) is 29.3 Å². The molecule has 0 saturated heterocycles. The van der Waals surface area contributed by atoms with Gasteiger partial charge in [0.2, 0.25) is 0 Å². The fourth-order valence-corrected chi connectivity index (χ4v) is 2.43. The average Bonchev–Trinajstić information content (AvgIpc) is 2.91. The van der Waals surface area contributed by atoms with Crippen molar-refractivity contribution >= 4 is 17.0 Å². The van der Waals surface area contributed by atoms with E-state index in [1.54, 1.807) is 22.9 Å². The summed E-state index contributed by atoms with van der Waals surface area (Å²) in [5.41, 5.74) is 3.75. The van der Waals surface area contributed by atoms with Crippen LogP contribution in [-0.4, -0.2) is 26.1 Å². The second-order valence-electron chi connectivity index (χ2n) is 4.89. The monoisotopic (exact) mass is 281 g/mol. The van der Waals surface area contributed by atoms with Crippen LogP contribution in [-0.2, 0) is 6.42 Å². The van der Waals surface area contributed by atoms with E-state index in [1.165, 1.54) is 5.56 Å². The van der Waals surface area contributed by atoms with E-state index in [2.05, 4.69) is 23.3 Å². The Kier molecular flexibility index (Phi) is 3.39. The predicted molar refractivity (Wildman–Crippen MR) is 79.8 cm³/mol. The molecule has 2 aromatic carbocycles. The van der Waals surface area contributed by atoms with Gasteiger partial charge in [-0.1, -0.05) is 36.8 Å². The number of aromatic carboxylic acids is 1. The number of rotatable bonds is 4. The summed E-state index contributed by atoms with van der Waals surface area (Å²) >= 11 is 0. The van der Waals surface area contributed by atoms with Crippen molar-refractivity contribution in [3.05, 3.63) is 53.6 Å². The molecule has 0 unspecified atom stereocenters. The van der Waals surface area contributed by atoms with Crippen LogP contribution in [0.4, 0.5) is 0 Å². The minimum Gasteiger partial charge on any atom is -0.478 e. The number of para-hydroxylation sites is 1. The van der Waals surface area contributed by atoms with Crippen molar-refractivity contribution in [3.63, 3.8) is 0 Å². The zero-order chi connectivity index (χ0) is 14.8. The molecule has 1 N–H and O–H groups in total. The number of carboxylic acids is 1. The molecule has 0 aliphatic heterocycles. The van der Waals surface area contributed by atoms with Crippen molar-refractivity contribution in [2.75, 3.05) is 0 Å². The van der Waals surface area contributed by atoms with E-state index in [0.29, 0.717) is 11.0 Å². The molecule has 0 saturated carbocycles. The van der Waals surface area contributed by atoms with Crippen molar-refractivity contribution in [2.45, 2.75) is 19.8 Å². The highest BCUT2D eigenvalue weighted by Gasteiger charge is 2.12. The van der Waals surface area contributed by atoms with Crippen molar-refractivity contribution in [2.24, 2.45) is 0 Å². The highest BCUT2D eigenvalue weighted by atomic mass is 16.4. The third-order valence-corrected chi connectivity index (χ3v) is 3.43. The number of aryl methyl sites for hydroxylation is 1. The Bertz CT molecular complexity index is 808. The van der Waals surface area contributed by atoms with Gasteiger partial charge in [-0.3, -0.25) is 0 Å². The summed E-state index contributed by atoms with van der Waals surface area (Å²) in [7, 11) is 0. The Morgan fingerprint density at radius 2 is 2.05 bits per heavy atom. The number of benzene rings is 2. The largest absolute Gasteiger partial charge is 0.478 e. The highest BCUT2D eigenvalue weighted by Crippen LogP contribution is 2.21. The summed E-state index contributed by atoms with van der Waals surface area (Å²) in [6.07, 6.45) is 1.97. The standard InChI is InChI=1S/C16H15N3O2/c1-2-5-11-6-3-4-7-14(11)19-15-10-12(16(20)21)8-9-13(15)17-18-19/h3-4,6-10H,2,5H2,1H3,(H,20,21). The third kappa shape index (κ3) is 2.38. The van der Waals surface area contributed by atoms with E-state index in [1.807, 2.05) is 18.2 Å². The Hall–Kier alpha value is -2.69. The van der Waals surface area contributed by atoms with Crippen molar-refractivity contribution in [3.8, 4) is 5.69 Å². The van der Waals surface area contributed by atoms with E-state index in [9.17, 15) is 4.79 Å². The quantitative estimate of drug-likeness (QED) is 0.798. The number of fused-ring (bicyclic) bond motifs is 1. The molecule has 1 heterocycles. The van der Waals surface area contributed by atoms with Gasteiger partial charge in [-0.2, -0.15) is 0 Å². The second-order valence-corrected chi connectivity index (χ2v) is 4.89. The molecule has 21 heavy (non-hydrogen) atoms. The van der Waals surface area contributed by atoms with Gasteiger partial charge in [0.15, 0.2) is 0 Å². The predicted octanol–water partition coefficient (Wildman–Crippen LogP) is 3.07. The van der Waals surface area contributed by atoms with Gasteiger partial charge in [0.1, 0.15) is 5.52 Å². The lowest BCUT2D eigenvalue weighted by Gasteiger charge is -2.09. The SMILES string of the molecule is CCCc1ccccc1-n1nnc2ccc(C(=O)O)cc21. The summed E-state index contributed by atoms with van der Waals surface area (Å²) < 4.78 is 1.72. The fourth-order valence-electron chi connectivity index (χ4n) is 2.43. The molecule has 0 aliphatic rings. The van der Waals surface area contributed by atoms with Crippen molar-refractivity contribution < 1.29 is 9.90 Å². The maximum atomic E-state index is 11.1. The fraction of sp³-hybridized carbons (Fsp3) is 0.188. The van der Waals surface area contributed by atoms with Gasteiger partial charge < -0.3 is 5.11 Å². The number of nitrogens with zero attached hydrogens (tertiary/aromatic N) is 3. The molecule has 1 aromatic heterocycles. The molecule has 0 bridgehead atoms. The lowest BCUT2D eigenvalue weighted by Crippen LogP contribution is -2.02. The summed E-state index contributed by atoms with van der Waals surface area (Å²) in [6, 6.07) is 12.8. The molecule has 0 aliphatic carbocycles. The Morgan fingerprint density at radius 1 is 1.24 bits per heavy atom. The molecule has 5 nitrogen and oxygen atoms in total. The van der Waals surface area contributed by atoms with Crippen LogP contribution in [0.3, 0.4) is 0 Å². The minimum absolute atomic E-state index is 0.235. The van der Waals surface area contributed by atoms with Gasteiger partial charge in [0, 0.05) is 0 Å². The number of carbonyl (C=O) groups is 1. The zero-order valence-corrected chi connectivity index (χ0v) is 11.7. The summed E-state index contributed by atoms with van der Waals surface area (Å²) in [5.74, 6) is -0.952. The van der Waals surface area contributed by atoms with Crippen molar-refractivity contribution in [1.29, 1.82) is 0 Å². The molecule has 0 radical (unpaired) electrons. The molecular formula is C16H15N3O2. The van der Waals surface area contributed by atoms with E-state index in [0.717, 1.165) is 18.5 Å². The average molecular weight is 281 g/mol. The Morgan fingerprint density at radius 3 is 2.81 bits per heavy atom. The first-order valence-corrected chi connectivity index (χ1v) is 6.87. The Balaban J connectivity index is 2.21. The maximum Gasteiger partial charge on any atom is 0.335 e. The molecular weight excluding hydrogens is 266 g/mol.